The van der Waals surface area contributed by atoms with Crippen molar-refractivity contribution in [2.45, 2.75) is 37.6 Å². The summed E-state index contributed by atoms with van der Waals surface area (Å²) in [7, 11) is -1.62. The Bertz CT molecular complexity index is 704. The van der Waals surface area contributed by atoms with Crippen LogP contribution < -0.4 is 10.0 Å². The van der Waals surface area contributed by atoms with Crippen LogP contribution in [0.1, 0.15) is 27.2 Å². The number of nitrogens with zero attached hydrogens (tertiary/aromatic N) is 1. The molecule has 0 fully saturated rings. The summed E-state index contributed by atoms with van der Waals surface area (Å²) < 4.78 is 27.6. The van der Waals surface area contributed by atoms with E-state index in [0.717, 1.165) is 26.7 Å². The van der Waals surface area contributed by atoms with Crippen LogP contribution in [-0.4, -0.2) is 20.4 Å². The van der Waals surface area contributed by atoms with Crippen LogP contribution in [0.25, 0.3) is 0 Å². The van der Waals surface area contributed by atoms with E-state index in [2.05, 4.69) is 21.9 Å². The Morgan fingerprint density at radius 1 is 1.29 bits per heavy atom. The van der Waals surface area contributed by atoms with Crippen molar-refractivity contribution < 1.29 is 8.42 Å². The molecule has 21 heavy (non-hydrogen) atoms. The van der Waals surface area contributed by atoms with E-state index in [9.17, 15) is 8.42 Å². The SMILES string of the molecule is CCc1cnc(CNS(=O)(=O)c2cc(C)c(CNC)s2)s1. The zero-order valence-electron chi connectivity index (χ0n) is 12.3. The molecule has 0 atom stereocenters. The average Bonchev–Trinajstić information content (AvgIpc) is 3.05. The van der Waals surface area contributed by atoms with E-state index < -0.39 is 10.0 Å². The van der Waals surface area contributed by atoms with Crippen molar-refractivity contribution in [2.24, 2.45) is 0 Å². The molecule has 0 amide bonds. The standard InChI is InChI=1S/C13H19N3O2S3/c1-4-10-6-15-12(19-10)8-16-21(17,18)13-5-9(2)11(20-13)7-14-3/h5-6,14,16H,4,7-8H2,1-3H3. The number of nitrogens with one attached hydrogen (secondary N) is 2. The molecule has 0 saturated heterocycles. The first-order chi connectivity index (χ1) is 9.96. The summed E-state index contributed by atoms with van der Waals surface area (Å²) >= 11 is 2.85. The van der Waals surface area contributed by atoms with Crippen molar-refractivity contribution in [1.82, 2.24) is 15.0 Å². The monoisotopic (exact) mass is 345 g/mol. The van der Waals surface area contributed by atoms with Crippen LogP contribution in [0, 0.1) is 6.92 Å². The van der Waals surface area contributed by atoms with Crippen LogP contribution in [0.5, 0.6) is 0 Å². The molecule has 2 aromatic rings. The average molecular weight is 346 g/mol. The summed E-state index contributed by atoms with van der Waals surface area (Å²) in [6, 6.07) is 1.72. The summed E-state index contributed by atoms with van der Waals surface area (Å²) in [5.41, 5.74) is 0.997. The molecule has 0 aliphatic carbocycles. The second kappa shape index (κ2) is 6.97. The highest BCUT2D eigenvalue weighted by atomic mass is 32.2. The van der Waals surface area contributed by atoms with Gasteiger partial charge in [-0.15, -0.1) is 22.7 Å². The topological polar surface area (TPSA) is 71.1 Å². The third-order valence-electron chi connectivity index (χ3n) is 2.96. The lowest BCUT2D eigenvalue weighted by molar-refractivity contribution is 0.583. The summed E-state index contributed by atoms with van der Waals surface area (Å²) in [5, 5.41) is 3.83. The Hall–Kier alpha value is -0.800. The van der Waals surface area contributed by atoms with Crippen LogP contribution in [0.2, 0.25) is 0 Å². The molecule has 0 bridgehead atoms. The number of thiazole rings is 1. The molecule has 0 spiro atoms. The lowest BCUT2D eigenvalue weighted by Crippen LogP contribution is -2.22. The number of aromatic nitrogens is 1. The lowest BCUT2D eigenvalue weighted by Gasteiger charge is -2.02. The number of hydrogen-bond donors (Lipinski definition) is 2. The molecule has 2 heterocycles. The molecular formula is C13H19N3O2S3. The van der Waals surface area contributed by atoms with Crippen molar-refractivity contribution in [1.29, 1.82) is 0 Å². The molecule has 116 valence electrons. The van der Waals surface area contributed by atoms with E-state index in [1.807, 2.05) is 14.0 Å². The summed E-state index contributed by atoms with van der Waals surface area (Å²) in [5.74, 6) is 0. The minimum Gasteiger partial charge on any atom is -0.315 e. The van der Waals surface area contributed by atoms with Gasteiger partial charge in [0.25, 0.3) is 0 Å². The van der Waals surface area contributed by atoms with Gasteiger partial charge in [0.2, 0.25) is 10.0 Å². The van der Waals surface area contributed by atoms with Gasteiger partial charge in [0.05, 0.1) is 6.54 Å². The first-order valence-corrected chi connectivity index (χ1v) is 9.75. The van der Waals surface area contributed by atoms with Crippen LogP contribution in [0.15, 0.2) is 16.5 Å². The molecule has 0 unspecified atom stereocenters. The van der Waals surface area contributed by atoms with E-state index in [1.165, 1.54) is 11.3 Å². The van der Waals surface area contributed by atoms with E-state index >= 15 is 0 Å². The van der Waals surface area contributed by atoms with Crippen LogP contribution in [-0.2, 0) is 29.5 Å². The van der Waals surface area contributed by atoms with E-state index in [1.54, 1.807) is 23.6 Å². The minimum atomic E-state index is -3.47. The lowest BCUT2D eigenvalue weighted by atomic mass is 10.3. The minimum absolute atomic E-state index is 0.241. The molecule has 8 heteroatoms. The van der Waals surface area contributed by atoms with E-state index in [4.69, 9.17) is 0 Å². The van der Waals surface area contributed by atoms with Crippen molar-refractivity contribution in [3.05, 3.63) is 32.6 Å². The summed E-state index contributed by atoms with van der Waals surface area (Å²) in [6.07, 6.45) is 2.72. The van der Waals surface area contributed by atoms with Crippen LogP contribution in [0.4, 0.5) is 0 Å². The largest absolute Gasteiger partial charge is 0.315 e. The Labute approximate surface area is 133 Å². The Kier molecular flexibility index (Phi) is 5.50. The van der Waals surface area contributed by atoms with Gasteiger partial charge in [-0.05, 0) is 32.0 Å². The van der Waals surface area contributed by atoms with E-state index in [0.29, 0.717) is 10.8 Å². The van der Waals surface area contributed by atoms with Gasteiger partial charge < -0.3 is 5.32 Å². The van der Waals surface area contributed by atoms with E-state index in [-0.39, 0.29) is 6.54 Å². The normalized spacial score (nSPS) is 12.0. The first-order valence-electron chi connectivity index (χ1n) is 6.63. The molecule has 0 aliphatic heterocycles. The predicted octanol–water partition coefficient (Wildman–Crippen LogP) is 2.27. The van der Waals surface area contributed by atoms with Crippen molar-refractivity contribution in [2.75, 3.05) is 7.05 Å². The molecule has 0 aliphatic rings. The highest BCUT2D eigenvalue weighted by molar-refractivity contribution is 7.91. The maximum absolute atomic E-state index is 12.3. The maximum Gasteiger partial charge on any atom is 0.250 e. The molecule has 2 rings (SSSR count). The van der Waals surface area contributed by atoms with Crippen molar-refractivity contribution in [3.8, 4) is 0 Å². The van der Waals surface area contributed by atoms with Crippen molar-refractivity contribution >= 4 is 32.7 Å². The zero-order chi connectivity index (χ0) is 15.5. The second-order valence-corrected chi connectivity index (χ2v) is 8.93. The predicted molar refractivity (Wildman–Crippen MR) is 87.3 cm³/mol. The first kappa shape index (κ1) is 16.6. The molecule has 0 saturated carbocycles. The fourth-order valence-corrected chi connectivity index (χ4v) is 5.31. The van der Waals surface area contributed by atoms with Gasteiger partial charge in [0, 0.05) is 22.5 Å². The summed E-state index contributed by atoms with van der Waals surface area (Å²) in [6.45, 7) is 4.90. The quantitative estimate of drug-likeness (QED) is 0.807. The van der Waals surface area contributed by atoms with Gasteiger partial charge in [0.15, 0.2) is 0 Å². The highest BCUT2D eigenvalue weighted by Gasteiger charge is 2.19. The Balaban J connectivity index is 2.09. The van der Waals surface area contributed by atoms with Gasteiger partial charge in [0.1, 0.15) is 9.22 Å². The van der Waals surface area contributed by atoms with Crippen molar-refractivity contribution in [3.63, 3.8) is 0 Å². The second-order valence-electron chi connectivity index (χ2n) is 4.60. The van der Waals surface area contributed by atoms with Gasteiger partial charge in [-0.2, -0.15) is 0 Å². The van der Waals surface area contributed by atoms with Gasteiger partial charge in [-0.1, -0.05) is 6.92 Å². The number of thiophene rings is 1. The smallest absolute Gasteiger partial charge is 0.250 e. The van der Waals surface area contributed by atoms with Crippen LogP contribution in [0.3, 0.4) is 0 Å². The Morgan fingerprint density at radius 3 is 2.67 bits per heavy atom. The molecule has 0 radical (unpaired) electrons. The summed E-state index contributed by atoms with van der Waals surface area (Å²) in [4.78, 5) is 6.42. The number of rotatable bonds is 7. The molecule has 2 aromatic heterocycles. The number of hydrogen-bond acceptors (Lipinski definition) is 6. The fraction of sp³-hybridized carbons (Fsp3) is 0.462. The molecular weight excluding hydrogens is 326 g/mol. The highest BCUT2D eigenvalue weighted by Crippen LogP contribution is 2.26. The fourth-order valence-electron chi connectivity index (χ4n) is 1.78. The third-order valence-corrected chi connectivity index (χ3v) is 7.22. The molecule has 0 aromatic carbocycles. The molecule has 5 nitrogen and oxygen atoms in total. The van der Waals surface area contributed by atoms with Gasteiger partial charge in [-0.25, -0.2) is 18.1 Å². The zero-order valence-corrected chi connectivity index (χ0v) is 14.7. The van der Waals surface area contributed by atoms with Gasteiger partial charge >= 0.3 is 0 Å². The van der Waals surface area contributed by atoms with Gasteiger partial charge in [-0.3, -0.25) is 0 Å². The molecule has 2 N–H and O–H groups in total. The number of sulfonamides is 1. The number of aryl methyl sites for hydroxylation is 2. The third kappa shape index (κ3) is 4.10. The Morgan fingerprint density at radius 2 is 2.05 bits per heavy atom. The van der Waals surface area contributed by atoms with Crippen LogP contribution >= 0.6 is 22.7 Å². The maximum atomic E-state index is 12.3.